The lowest BCUT2D eigenvalue weighted by Gasteiger charge is -2.12. The van der Waals surface area contributed by atoms with Crippen LogP contribution in [-0.4, -0.2) is 32.5 Å². The molecule has 0 aliphatic carbocycles. The minimum atomic E-state index is 0.0505. The van der Waals surface area contributed by atoms with E-state index in [4.69, 9.17) is 4.65 Å². The van der Waals surface area contributed by atoms with E-state index in [1.165, 1.54) is 36.8 Å². The van der Waals surface area contributed by atoms with Gasteiger partial charge in [-0.25, -0.2) is 0 Å². The van der Waals surface area contributed by atoms with Crippen LogP contribution in [0.3, 0.4) is 0 Å². The fourth-order valence-electron chi connectivity index (χ4n) is 2.17. The van der Waals surface area contributed by atoms with Gasteiger partial charge in [0.1, 0.15) is 0 Å². The highest BCUT2D eigenvalue weighted by atomic mass is 16.4. The highest BCUT2D eigenvalue weighted by Crippen LogP contribution is 2.10. The summed E-state index contributed by atoms with van der Waals surface area (Å²) in [7, 11) is 2.10. The van der Waals surface area contributed by atoms with Gasteiger partial charge in [0.05, 0.1) is 6.61 Å². The van der Waals surface area contributed by atoms with E-state index in [0.717, 1.165) is 6.42 Å². The van der Waals surface area contributed by atoms with E-state index >= 15 is 0 Å². The topological polar surface area (TPSA) is 41.5 Å². The zero-order valence-electron chi connectivity index (χ0n) is 13.3. The molecule has 0 fully saturated rings. The van der Waals surface area contributed by atoms with Crippen LogP contribution in [0.2, 0.25) is 0 Å². The van der Waals surface area contributed by atoms with E-state index in [0.29, 0.717) is 7.62 Å². The van der Waals surface area contributed by atoms with Gasteiger partial charge in [0, 0.05) is 13.2 Å². The molecule has 0 aliphatic heterocycles. The third kappa shape index (κ3) is 8.05. The first kappa shape index (κ1) is 18.0. The molecule has 116 valence electrons. The molecule has 4 heteroatoms. The molecule has 0 spiro atoms. The highest BCUT2D eigenvalue weighted by Gasteiger charge is 2.04. The molecule has 1 aromatic rings. The fourth-order valence-corrected chi connectivity index (χ4v) is 2.17. The molecule has 0 amide bonds. The van der Waals surface area contributed by atoms with Crippen LogP contribution in [0.15, 0.2) is 30.3 Å². The van der Waals surface area contributed by atoms with Crippen LogP contribution in [0.5, 0.6) is 0 Å². The van der Waals surface area contributed by atoms with Gasteiger partial charge < -0.3 is 15.0 Å². The van der Waals surface area contributed by atoms with Gasteiger partial charge in [-0.2, -0.15) is 0 Å². The Balaban J connectivity index is 2.38. The van der Waals surface area contributed by atoms with Crippen molar-refractivity contribution >= 4 is 13.7 Å². The van der Waals surface area contributed by atoms with E-state index in [1.54, 1.807) is 7.11 Å². The lowest BCUT2D eigenvalue weighted by atomic mass is 10.0. The average molecular weight is 289 g/mol. The largest absolute Gasteiger partial charge is 0.427 e. The molecule has 0 heterocycles. The third-order valence-corrected chi connectivity index (χ3v) is 3.52. The summed E-state index contributed by atoms with van der Waals surface area (Å²) in [4.78, 5) is 0. The van der Waals surface area contributed by atoms with Crippen molar-refractivity contribution in [2.24, 2.45) is 0 Å². The summed E-state index contributed by atoms with van der Waals surface area (Å²) in [5.74, 6) is 0. The number of hydrogen-bond acceptors (Lipinski definition) is 3. The predicted octanol–water partition coefficient (Wildman–Crippen LogP) is 2.69. The first-order valence-corrected chi connectivity index (χ1v) is 7.88. The maximum Gasteiger partial charge on any atom is 0.360 e. The smallest absolute Gasteiger partial charge is 0.360 e. The SMILES string of the molecule is CCCCCc1ccc(/C=C/C[C@@H](CO)NBOC)cc1. The fraction of sp³-hybridized carbons (Fsp3) is 0.529. The van der Waals surface area contributed by atoms with Crippen LogP contribution in [0.25, 0.3) is 6.08 Å². The van der Waals surface area contributed by atoms with Gasteiger partial charge in [-0.3, -0.25) is 0 Å². The average Bonchev–Trinajstić information content (AvgIpc) is 2.52. The quantitative estimate of drug-likeness (QED) is 0.486. The number of aliphatic hydroxyl groups is 1. The molecular weight excluding hydrogens is 261 g/mol. The number of aryl methyl sites for hydroxylation is 1. The zero-order chi connectivity index (χ0) is 15.3. The standard InChI is InChI=1S/C17H28BNO2/c1-3-4-5-7-15-10-12-16(13-11-15)8-6-9-17(14-20)19-18-21-2/h6,8,10-13,17-20H,3-5,7,9,14H2,1-2H3/b8-6+/t17-/m0/s1. The minimum Gasteiger partial charge on any atom is -0.427 e. The first-order valence-electron chi connectivity index (χ1n) is 7.88. The van der Waals surface area contributed by atoms with E-state index in [2.05, 4.69) is 48.6 Å². The van der Waals surface area contributed by atoms with Gasteiger partial charge in [0.2, 0.25) is 0 Å². The second-order valence-corrected chi connectivity index (χ2v) is 5.35. The Morgan fingerprint density at radius 1 is 1.29 bits per heavy atom. The Morgan fingerprint density at radius 2 is 2.05 bits per heavy atom. The second kappa shape index (κ2) is 11.6. The van der Waals surface area contributed by atoms with Crippen LogP contribution >= 0.6 is 0 Å². The van der Waals surface area contributed by atoms with E-state index in [1.807, 2.05) is 0 Å². The number of aliphatic hydroxyl groups excluding tert-OH is 1. The van der Waals surface area contributed by atoms with Crippen molar-refractivity contribution < 1.29 is 9.76 Å². The Hall–Kier alpha value is -1.10. The molecule has 3 nitrogen and oxygen atoms in total. The molecule has 0 saturated carbocycles. The summed E-state index contributed by atoms with van der Waals surface area (Å²) in [5, 5.41) is 12.4. The van der Waals surface area contributed by atoms with Crippen molar-refractivity contribution in [3.05, 3.63) is 41.5 Å². The molecule has 0 saturated heterocycles. The number of unbranched alkanes of at least 4 members (excludes halogenated alkanes) is 2. The van der Waals surface area contributed by atoms with Crippen molar-refractivity contribution in [1.82, 2.24) is 5.23 Å². The predicted molar refractivity (Wildman–Crippen MR) is 91.5 cm³/mol. The van der Waals surface area contributed by atoms with Crippen LogP contribution in [0.4, 0.5) is 0 Å². The Kier molecular flexibility index (Phi) is 9.88. The van der Waals surface area contributed by atoms with Crippen molar-refractivity contribution in [3.63, 3.8) is 0 Å². The molecule has 21 heavy (non-hydrogen) atoms. The van der Waals surface area contributed by atoms with Gasteiger partial charge >= 0.3 is 7.62 Å². The van der Waals surface area contributed by atoms with Gasteiger partial charge in [-0.05, 0) is 30.4 Å². The number of benzene rings is 1. The minimum absolute atomic E-state index is 0.0505. The van der Waals surface area contributed by atoms with Crippen LogP contribution in [0, 0.1) is 0 Å². The van der Waals surface area contributed by atoms with Crippen LogP contribution in [-0.2, 0) is 11.1 Å². The summed E-state index contributed by atoms with van der Waals surface area (Å²) in [6.45, 7) is 2.35. The number of nitrogens with one attached hydrogen (secondary N) is 1. The van der Waals surface area contributed by atoms with Gasteiger partial charge in [-0.15, -0.1) is 0 Å². The zero-order valence-corrected chi connectivity index (χ0v) is 13.3. The lowest BCUT2D eigenvalue weighted by molar-refractivity contribution is 0.253. The number of hydrogen-bond donors (Lipinski definition) is 2. The Labute approximate surface area is 129 Å². The second-order valence-electron chi connectivity index (χ2n) is 5.35. The van der Waals surface area contributed by atoms with E-state index in [9.17, 15) is 5.11 Å². The highest BCUT2D eigenvalue weighted by molar-refractivity contribution is 6.23. The molecule has 0 aliphatic rings. The summed E-state index contributed by atoms with van der Waals surface area (Å²) >= 11 is 0. The number of rotatable bonds is 11. The van der Waals surface area contributed by atoms with Crippen molar-refractivity contribution in [2.75, 3.05) is 13.7 Å². The molecule has 0 unspecified atom stereocenters. The van der Waals surface area contributed by atoms with Crippen molar-refractivity contribution in [2.45, 2.75) is 45.1 Å². The molecule has 2 N–H and O–H groups in total. The monoisotopic (exact) mass is 289 g/mol. The maximum atomic E-state index is 9.24. The summed E-state index contributed by atoms with van der Waals surface area (Å²) in [6.07, 6.45) is 10.0. The lowest BCUT2D eigenvalue weighted by Crippen LogP contribution is -2.35. The van der Waals surface area contributed by atoms with Crippen LogP contribution in [0.1, 0.15) is 43.7 Å². The normalized spacial score (nSPS) is 12.7. The Bertz CT molecular complexity index is 392. The molecule has 1 aromatic carbocycles. The van der Waals surface area contributed by atoms with Gasteiger partial charge in [0.15, 0.2) is 0 Å². The molecule has 0 radical (unpaired) electrons. The first-order chi connectivity index (χ1) is 10.3. The van der Waals surface area contributed by atoms with Crippen molar-refractivity contribution in [1.29, 1.82) is 0 Å². The third-order valence-electron chi connectivity index (χ3n) is 3.52. The van der Waals surface area contributed by atoms with E-state index < -0.39 is 0 Å². The van der Waals surface area contributed by atoms with Gasteiger partial charge in [-0.1, -0.05) is 56.2 Å². The van der Waals surface area contributed by atoms with E-state index in [-0.39, 0.29) is 12.6 Å². The summed E-state index contributed by atoms with van der Waals surface area (Å²) in [5.41, 5.74) is 2.62. The summed E-state index contributed by atoms with van der Waals surface area (Å²) < 4.78 is 4.95. The van der Waals surface area contributed by atoms with Crippen LogP contribution < -0.4 is 5.23 Å². The van der Waals surface area contributed by atoms with Crippen molar-refractivity contribution in [3.8, 4) is 0 Å². The molecule has 1 rings (SSSR count). The Morgan fingerprint density at radius 3 is 2.67 bits per heavy atom. The molecular formula is C17H28BNO2. The summed E-state index contributed by atoms with van der Waals surface area (Å²) in [6, 6.07) is 8.79. The van der Waals surface area contributed by atoms with Gasteiger partial charge in [0.25, 0.3) is 0 Å². The maximum absolute atomic E-state index is 9.24. The molecule has 0 aromatic heterocycles. The molecule has 0 bridgehead atoms. The molecule has 1 atom stereocenters.